The summed E-state index contributed by atoms with van der Waals surface area (Å²) in [7, 11) is 0. The number of ether oxygens (including phenoxy) is 2. The lowest BCUT2D eigenvalue weighted by Gasteiger charge is -2.08. The first-order chi connectivity index (χ1) is 13.0. The van der Waals surface area contributed by atoms with E-state index in [-0.39, 0.29) is 18.4 Å². The number of benzene rings is 2. The molecule has 0 bridgehead atoms. The monoisotopic (exact) mass is 370 g/mol. The molecule has 2 amide bonds. The molecule has 0 fully saturated rings. The summed E-state index contributed by atoms with van der Waals surface area (Å²) in [6.07, 6.45) is -0.366. The molecule has 0 spiro atoms. The Kier molecular flexibility index (Phi) is 7.37. The fourth-order valence-corrected chi connectivity index (χ4v) is 2.16. The van der Waals surface area contributed by atoms with Crippen molar-refractivity contribution >= 4 is 23.7 Å². The first-order valence-corrected chi connectivity index (χ1v) is 8.63. The van der Waals surface area contributed by atoms with Crippen molar-refractivity contribution in [3.05, 3.63) is 59.7 Å². The predicted molar refractivity (Wildman–Crippen MR) is 101 cm³/mol. The topological polar surface area (TPSA) is 93.7 Å². The van der Waals surface area contributed by atoms with Gasteiger partial charge in [-0.1, -0.05) is 19.1 Å². The van der Waals surface area contributed by atoms with Gasteiger partial charge in [-0.25, -0.2) is 4.79 Å². The third-order valence-corrected chi connectivity index (χ3v) is 3.59. The molecule has 0 saturated carbocycles. The largest absolute Gasteiger partial charge is 0.513 e. The summed E-state index contributed by atoms with van der Waals surface area (Å²) in [5.41, 5.74) is 2.06. The summed E-state index contributed by atoms with van der Waals surface area (Å²) in [5.74, 6) is 0.00204. The Labute approximate surface area is 157 Å². The van der Waals surface area contributed by atoms with Crippen LogP contribution in [0.2, 0.25) is 0 Å². The highest BCUT2D eigenvalue weighted by Gasteiger charge is 2.08. The Morgan fingerprint density at radius 1 is 0.926 bits per heavy atom. The molecular weight excluding hydrogens is 348 g/mol. The van der Waals surface area contributed by atoms with E-state index in [0.29, 0.717) is 30.0 Å². The van der Waals surface area contributed by atoms with Crippen molar-refractivity contribution in [3.8, 4) is 5.75 Å². The van der Waals surface area contributed by atoms with E-state index >= 15 is 0 Å². The molecule has 7 heteroatoms. The van der Waals surface area contributed by atoms with Crippen LogP contribution in [0.3, 0.4) is 0 Å². The van der Waals surface area contributed by atoms with Crippen LogP contribution in [0.5, 0.6) is 5.75 Å². The Bertz CT molecular complexity index is 785. The Morgan fingerprint density at radius 3 is 2.19 bits per heavy atom. The fraction of sp³-hybridized carbons (Fsp3) is 0.250. The van der Waals surface area contributed by atoms with Crippen LogP contribution in [0.25, 0.3) is 0 Å². The standard InChI is InChI=1S/C20H22N2O5/c1-3-18(23)22-16-9-5-14(6-10-16)13-21-19(24)15-7-11-17(12-8-15)27-20(25)26-4-2/h5-12H,3-4,13H2,1-2H3,(H,21,24)(H,22,23). The summed E-state index contributed by atoms with van der Waals surface area (Å²) in [4.78, 5) is 34.8. The number of nitrogens with one attached hydrogen (secondary N) is 2. The number of carbonyl (C=O) groups excluding carboxylic acids is 3. The molecule has 0 aliphatic carbocycles. The highest BCUT2D eigenvalue weighted by atomic mass is 16.7. The summed E-state index contributed by atoms with van der Waals surface area (Å²) >= 11 is 0. The fourth-order valence-electron chi connectivity index (χ4n) is 2.16. The highest BCUT2D eigenvalue weighted by Crippen LogP contribution is 2.14. The van der Waals surface area contributed by atoms with Crippen LogP contribution in [0.4, 0.5) is 10.5 Å². The van der Waals surface area contributed by atoms with Crippen LogP contribution in [0.1, 0.15) is 36.2 Å². The van der Waals surface area contributed by atoms with Gasteiger partial charge in [0.2, 0.25) is 5.91 Å². The SMILES string of the molecule is CCOC(=O)Oc1ccc(C(=O)NCc2ccc(NC(=O)CC)cc2)cc1. The third-order valence-electron chi connectivity index (χ3n) is 3.59. The maximum Gasteiger partial charge on any atom is 0.513 e. The van der Waals surface area contributed by atoms with E-state index in [2.05, 4.69) is 15.4 Å². The van der Waals surface area contributed by atoms with Crippen LogP contribution < -0.4 is 15.4 Å². The molecule has 0 radical (unpaired) electrons. The van der Waals surface area contributed by atoms with E-state index in [0.717, 1.165) is 5.56 Å². The summed E-state index contributed by atoms with van der Waals surface area (Å²) in [6, 6.07) is 13.4. The first-order valence-electron chi connectivity index (χ1n) is 8.63. The molecule has 0 aliphatic heterocycles. The molecule has 2 rings (SSSR count). The maximum absolute atomic E-state index is 12.2. The first kappa shape index (κ1) is 20.0. The summed E-state index contributed by atoms with van der Waals surface area (Å²) < 4.78 is 9.63. The van der Waals surface area contributed by atoms with E-state index in [1.807, 2.05) is 12.1 Å². The normalized spacial score (nSPS) is 10.0. The van der Waals surface area contributed by atoms with E-state index in [1.165, 1.54) is 12.1 Å². The Hall–Kier alpha value is -3.35. The van der Waals surface area contributed by atoms with Crippen LogP contribution in [0, 0.1) is 0 Å². The molecule has 0 atom stereocenters. The lowest BCUT2D eigenvalue weighted by molar-refractivity contribution is -0.115. The van der Waals surface area contributed by atoms with Crippen molar-refractivity contribution in [2.75, 3.05) is 11.9 Å². The van der Waals surface area contributed by atoms with Crippen LogP contribution in [-0.4, -0.2) is 24.6 Å². The number of carbonyl (C=O) groups is 3. The minimum absolute atomic E-state index is 0.0496. The van der Waals surface area contributed by atoms with E-state index in [1.54, 1.807) is 38.1 Å². The maximum atomic E-state index is 12.2. The zero-order chi connectivity index (χ0) is 19.6. The van der Waals surface area contributed by atoms with Gasteiger partial charge < -0.3 is 20.1 Å². The molecule has 0 aromatic heterocycles. The van der Waals surface area contributed by atoms with Gasteiger partial charge in [-0.2, -0.15) is 0 Å². The highest BCUT2D eigenvalue weighted by molar-refractivity contribution is 5.94. The number of hydrogen-bond acceptors (Lipinski definition) is 5. The number of rotatable bonds is 7. The van der Waals surface area contributed by atoms with Gasteiger partial charge in [-0.3, -0.25) is 9.59 Å². The average molecular weight is 370 g/mol. The number of amides is 2. The Balaban J connectivity index is 1.86. The molecular formula is C20H22N2O5. The van der Waals surface area contributed by atoms with E-state index in [9.17, 15) is 14.4 Å². The second-order valence-corrected chi connectivity index (χ2v) is 5.59. The van der Waals surface area contributed by atoms with Gasteiger partial charge in [-0.05, 0) is 48.9 Å². The summed E-state index contributed by atoms with van der Waals surface area (Å²) in [6.45, 7) is 4.05. The van der Waals surface area contributed by atoms with Gasteiger partial charge in [0, 0.05) is 24.2 Å². The zero-order valence-electron chi connectivity index (χ0n) is 15.3. The van der Waals surface area contributed by atoms with Crippen molar-refractivity contribution in [2.24, 2.45) is 0 Å². The van der Waals surface area contributed by atoms with Crippen molar-refractivity contribution in [1.82, 2.24) is 5.32 Å². The molecule has 27 heavy (non-hydrogen) atoms. The lowest BCUT2D eigenvalue weighted by atomic mass is 10.1. The number of hydrogen-bond donors (Lipinski definition) is 2. The van der Waals surface area contributed by atoms with Crippen molar-refractivity contribution in [1.29, 1.82) is 0 Å². The second kappa shape index (κ2) is 9.96. The van der Waals surface area contributed by atoms with Gasteiger partial charge in [-0.15, -0.1) is 0 Å². The van der Waals surface area contributed by atoms with Crippen molar-refractivity contribution in [2.45, 2.75) is 26.8 Å². The molecule has 0 aliphatic rings. The van der Waals surface area contributed by atoms with Gasteiger partial charge in [0.05, 0.1) is 6.61 Å². The quantitative estimate of drug-likeness (QED) is 0.575. The van der Waals surface area contributed by atoms with E-state index < -0.39 is 6.16 Å². The molecule has 7 nitrogen and oxygen atoms in total. The second-order valence-electron chi connectivity index (χ2n) is 5.59. The number of anilines is 1. The minimum atomic E-state index is -0.784. The molecule has 0 unspecified atom stereocenters. The molecule has 2 aromatic carbocycles. The smallest absolute Gasteiger partial charge is 0.434 e. The summed E-state index contributed by atoms with van der Waals surface area (Å²) in [5, 5.41) is 5.57. The van der Waals surface area contributed by atoms with Gasteiger partial charge in [0.15, 0.2) is 0 Å². The average Bonchev–Trinajstić information content (AvgIpc) is 2.68. The molecule has 0 heterocycles. The lowest BCUT2D eigenvalue weighted by Crippen LogP contribution is -2.22. The Morgan fingerprint density at radius 2 is 1.59 bits per heavy atom. The molecule has 142 valence electrons. The van der Waals surface area contributed by atoms with Crippen molar-refractivity contribution in [3.63, 3.8) is 0 Å². The molecule has 2 aromatic rings. The zero-order valence-corrected chi connectivity index (χ0v) is 15.3. The van der Waals surface area contributed by atoms with Gasteiger partial charge in [0.1, 0.15) is 5.75 Å². The van der Waals surface area contributed by atoms with Crippen molar-refractivity contribution < 1.29 is 23.9 Å². The molecule has 2 N–H and O–H groups in total. The van der Waals surface area contributed by atoms with Gasteiger partial charge >= 0.3 is 6.16 Å². The third kappa shape index (κ3) is 6.47. The van der Waals surface area contributed by atoms with Gasteiger partial charge in [0.25, 0.3) is 5.91 Å². The van der Waals surface area contributed by atoms with Crippen LogP contribution in [0.15, 0.2) is 48.5 Å². The predicted octanol–water partition coefficient (Wildman–Crippen LogP) is 3.50. The minimum Gasteiger partial charge on any atom is -0.434 e. The van der Waals surface area contributed by atoms with E-state index in [4.69, 9.17) is 4.74 Å². The van der Waals surface area contributed by atoms with Crippen LogP contribution in [-0.2, 0) is 16.1 Å². The van der Waals surface area contributed by atoms with Crippen LogP contribution >= 0.6 is 0 Å². The molecule has 0 saturated heterocycles.